The van der Waals surface area contributed by atoms with Crippen LogP contribution in [0.4, 0.5) is 11.4 Å². The number of sulfonamides is 1. The molecule has 1 amide bonds. The minimum atomic E-state index is -3.71. The monoisotopic (exact) mass is 397 g/mol. The number of nitrogens with zero attached hydrogens (tertiary/aromatic N) is 1. The molecule has 2 N–H and O–H groups in total. The van der Waals surface area contributed by atoms with Crippen molar-refractivity contribution in [3.8, 4) is 5.75 Å². The average molecular weight is 397 g/mol. The summed E-state index contributed by atoms with van der Waals surface area (Å²) in [5.74, 6) is 0.0332. The second-order valence-electron chi connectivity index (χ2n) is 6.02. The molecule has 0 aliphatic carbocycles. The molecule has 1 heterocycles. The third kappa shape index (κ3) is 5.31. The van der Waals surface area contributed by atoms with Crippen molar-refractivity contribution in [3.05, 3.63) is 78.6 Å². The highest BCUT2D eigenvalue weighted by molar-refractivity contribution is 7.92. The van der Waals surface area contributed by atoms with Crippen molar-refractivity contribution in [2.24, 2.45) is 0 Å². The molecule has 0 spiro atoms. The number of carbonyl (C=O) groups is 1. The predicted octanol–water partition coefficient (Wildman–Crippen LogP) is 3.21. The van der Waals surface area contributed by atoms with Crippen LogP contribution in [-0.4, -0.2) is 25.9 Å². The van der Waals surface area contributed by atoms with Gasteiger partial charge in [-0.2, -0.15) is 0 Å². The van der Waals surface area contributed by atoms with Gasteiger partial charge in [0.25, 0.3) is 15.9 Å². The summed E-state index contributed by atoms with van der Waals surface area (Å²) in [6, 6.07) is 16.3. The van der Waals surface area contributed by atoms with Gasteiger partial charge in [0.2, 0.25) is 0 Å². The SMILES string of the molecule is Cc1ccc(S(=O)(=O)Nc2cccc(OCC(=O)Nc3ccncc3)c2)cc1. The fraction of sp³-hybridized carbons (Fsp3) is 0.100. The minimum absolute atomic E-state index is 0.168. The molecule has 0 bridgehead atoms. The predicted molar refractivity (Wildman–Crippen MR) is 107 cm³/mol. The number of hydrogen-bond donors (Lipinski definition) is 2. The highest BCUT2D eigenvalue weighted by Gasteiger charge is 2.14. The molecule has 8 heteroatoms. The van der Waals surface area contributed by atoms with Crippen molar-refractivity contribution in [2.75, 3.05) is 16.6 Å². The summed E-state index contributed by atoms with van der Waals surface area (Å²) in [6.07, 6.45) is 3.14. The van der Waals surface area contributed by atoms with E-state index >= 15 is 0 Å². The Labute approximate surface area is 163 Å². The number of aromatic nitrogens is 1. The molecule has 0 fully saturated rings. The lowest BCUT2D eigenvalue weighted by molar-refractivity contribution is -0.118. The molecular formula is C20H19N3O4S. The summed E-state index contributed by atoms with van der Waals surface area (Å²) < 4.78 is 32.9. The fourth-order valence-electron chi connectivity index (χ4n) is 2.36. The van der Waals surface area contributed by atoms with Gasteiger partial charge in [0.05, 0.1) is 10.6 Å². The van der Waals surface area contributed by atoms with Gasteiger partial charge in [0.15, 0.2) is 6.61 Å². The van der Waals surface area contributed by atoms with Crippen LogP contribution >= 0.6 is 0 Å². The highest BCUT2D eigenvalue weighted by atomic mass is 32.2. The molecule has 0 atom stereocenters. The first-order chi connectivity index (χ1) is 13.4. The van der Waals surface area contributed by atoms with E-state index in [0.29, 0.717) is 17.1 Å². The lowest BCUT2D eigenvalue weighted by Gasteiger charge is -2.11. The quantitative estimate of drug-likeness (QED) is 0.638. The number of benzene rings is 2. The largest absolute Gasteiger partial charge is 0.484 e. The molecule has 3 rings (SSSR count). The standard InChI is InChI=1S/C20H19N3O4S/c1-15-5-7-19(8-6-15)28(25,26)23-17-3-2-4-18(13-17)27-14-20(24)22-16-9-11-21-12-10-16/h2-13,23H,14H2,1H3,(H,21,22,24). The van der Waals surface area contributed by atoms with E-state index in [2.05, 4.69) is 15.0 Å². The number of anilines is 2. The maximum absolute atomic E-state index is 12.5. The van der Waals surface area contributed by atoms with Crippen LogP contribution in [0.3, 0.4) is 0 Å². The van der Waals surface area contributed by atoms with Crippen molar-refractivity contribution in [3.63, 3.8) is 0 Å². The Balaban J connectivity index is 1.62. The van der Waals surface area contributed by atoms with Crippen molar-refractivity contribution in [1.29, 1.82) is 0 Å². The molecule has 0 saturated carbocycles. The molecule has 2 aromatic carbocycles. The number of rotatable bonds is 7. The minimum Gasteiger partial charge on any atom is -0.484 e. The topological polar surface area (TPSA) is 97.4 Å². The zero-order chi connectivity index (χ0) is 20.0. The van der Waals surface area contributed by atoms with Gasteiger partial charge in [0.1, 0.15) is 5.75 Å². The van der Waals surface area contributed by atoms with Crippen LogP contribution in [0.5, 0.6) is 5.75 Å². The van der Waals surface area contributed by atoms with Gasteiger partial charge in [0, 0.05) is 24.1 Å². The van der Waals surface area contributed by atoms with E-state index in [4.69, 9.17) is 4.74 Å². The number of ether oxygens (including phenoxy) is 1. The van der Waals surface area contributed by atoms with Gasteiger partial charge in [-0.15, -0.1) is 0 Å². The van der Waals surface area contributed by atoms with Crippen molar-refractivity contribution < 1.29 is 17.9 Å². The summed E-state index contributed by atoms with van der Waals surface area (Å²) in [5.41, 5.74) is 1.93. The number of nitrogens with one attached hydrogen (secondary N) is 2. The summed E-state index contributed by atoms with van der Waals surface area (Å²) >= 11 is 0. The Kier molecular flexibility index (Phi) is 5.90. The fourth-order valence-corrected chi connectivity index (χ4v) is 3.41. The molecule has 1 aromatic heterocycles. The van der Waals surface area contributed by atoms with E-state index in [1.165, 1.54) is 6.07 Å². The molecule has 0 saturated heterocycles. The number of pyridine rings is 1. The van der Waals surface area contributed by atoms with Crippen LogP contribution in [0.25, 0.3) is 0 Å². The smallest absolute Gasteiger partial charge is 0.262 e. The number of hydrogen-bond acceptors (Lipinski definition) is 5. The maximum atomic E-state index is 12.5. The van der Waals surface area contributed by atoms with Crippen LogP contribution in [0, 0.1) is 6.92 Å². The lowest BCUT2D eigenvalue weighted by atomic mass is 10.2. The van der Waals surface area contributed by atoms with E-state index < -0.39 is 10.0 Å². The van der Waals surface area contributed by atoms with E-state index in [1.807, 2.05) is 6.92 Å². The van der Waals surface area contributed by atoms with Crippen LogP contribution in [0.15, 0.2) is 78.0 Å². The third-order valence-electron chi connectivity index (χ3n) is 3.75. The van der Waals surface area contributed by atoms with E-state index in [9.17, 15) is 13.2 Å². The summed E-state index contributed by atoms with van der Waals surface area (Å²) in [7, 11) is -3.71. The second-order valence-corrected chi connectivity index (χ2v) is 7.70. The Bertz CT molecular complexity index is 1050. The molecule has 0 aliphatic heterocycles. The first-order valence-electron chi connectivity index (χ1n) is 8.45. The zero-order valence-corrected chi connectivity index (χ0v) is 15.9. The Hall–Kier alpha value is -3.39. The summed E-state index contributed by atoms with van der Waals surface area (Å²) in [5, 5.41) is 2.68. The zero-order valence-electron chi connectivity index (χ0n) is 15.1. The summed E-state index contributed by atoms with van der Waals surface area (Å²) in [6.45, 7) is 1.67. The Morgan fingerprint density at radius 2 is 1.71 bits per heavy atom. The van der Waals surface area contributed by atoms with E-state index in [1.54, 1.807) is 67.0 Å². The molecule has 0 radical (unpaired) electrons. The highest BCUT2D eigenvalue weighted by Crippen LogP contribution is 2.21. The van der Waals surface area contributed by atoms with Crippen LogP contribution in [0.1, 0.15) is 5.56 Å². The number of aryl methyl sites for hydroxylation is 1. The second kappa shape index (κ2) is 8.53. The molecule has 0 unspecified atom stereocenters. The molecule has 28 heavy (non-hydrogen) atoms. The van der Waals surface area contributed by atoms with Crippen LogP contribution in [0.2, 0.25) is 0 Å². The molecule has 3 aromatic rings. The van der Waals surface area contributed by atoms with Crippen LogP contribution < -0.4 is 14.8 Å². The van der Waals surface area contributed by atoms with Gasteiger partial charge in [-0.3, -0.25) is 14.5 Å². The van der Waals surface area contributed by atoms with Gasteiger partial charge in [-0.1, -0.05) is 23.8 Å². The van der Waals surface area contributed by atoms with E-state index in [0.717, 1.165) is 5.56 Å². The molecule has 7 nitrogen and oxygen atoms in total. The Morgan fingerprint density at radius 3 is 2.43 bits per heavy atom. The first kappa shape index (κ1) is 19.4. The number of carbonyl (C=O) groups excluding carboxylic acids is 1. The third-order valence-corrected chi connectivity index (χ3v) is 5.15. The lowest BCUT2D eigenvalue weighted by Crippen LogP contribution is -2.20. The van der Waals surface area contributed by atoms with Crippen molar-refractivity contribution in [2.45, 2.75) is 11.8 Å². The van der Waals surface area contributed by atoms with E-state index in [-0.39, 0.29) is 17.4 Å². The van der Waals surface area contributed by atoms with Gasteiger partial charge >= 0.3 is 0 Å². The maximum Gasteiger partial charge on any atom is 0.262 e. The molecule has 144 valence electrons. The number of amides is 1. The Morgan fingerprint density at radius 1 is 1.00 bits per heavy atom. The molecular weight excluding hydrogens is 378 g/mol. The van der Waals surface area contributed by atoms with Crippen molar-refractivity contribution >= 4 is 27.3 Å². The summed E-state index contributed by atoms with van der Waals surface area (Å²) in [4.78, 5) is 16.0. The van der Waals surface area contributed by atoms with Crippen LogP contribution in [-0.2, 0) is 14.8 Å². The average Bonchev–Trinajstić information content (AvgIpc) is 2.67. The van der Waals surface area contributed by atoms with Gasteiger partial charge < -0.3 is 10.1 Å². The van der Waals surface area contributed by atoms with Gasteiger partial charge in [-0.25, -0.2) is 8.42 Å². The van der Waals surface area contributed by atoms with Crippen molar-refractivity contribution in [1.82, 2.24) is 4.98 Å². The normalized spacial score (nSPS) is 10.9. The molecule has 0 aliphatic rings. The van der Waals surface area contributed by atoms with Gasteiger partial charge in [-0.05, 0) is 43.3 Å². The first-order valence-corrected chi connectivity index (χ1v) is 9.93.